The lowest BCUT2D eigenvalue weighted by Crippen LogP contribution is -2.67. The van der Waals surface area contributed by atoms with E-state index in [1.807, 2.05) is 0 Å². The van der Waals surface area contributed by atoms with E-state index in [4.69, 9.17) is 28.4 Å². The Hall–Kier alpha value is -4.21. The normalized spacial score (nSPS) is 36.8. The van der Waals surface area contributed by atoms with E-state index < -0.39 is 113 Å². The first-order valence-electron chi connectivity index (χ1n) is 15.8. The van der Waals surface area contributed by atoms with Crippen molar-refractivity contribution in [2.75, 3.05) is 0 Å². The summed E-state index contributed by atoms with van der Waals surface area (Å²) in [5.74, 6) is -14.1. The topological polar surface area (TPSA) is 215 Å². The van der Waals surface area contributed by atoms with Gasteiger partial charge in [0.05, 0.1) is 17.4 Å². The number of Topliss-reactive ketones (excluding diaryl/α,β-unsaturated/α-hetero) is 2. The third kappa shape index (κ3) is 6.58. The molecule has 268 valence electrons. The van der Waals surface area contributed by atoms with Gasteiger partial charge in [0.1, 0.15) is 18.3 Å². The van der Waals surface area contributed by atoms with E-state index in [-0.39, 0.29) is 12.0 Å². The molecule has 0 radical (unpaired) electrons. The van der Waals surface area contributed by atoms with E-state index in [1.54, 1.807) is 13.0 Å². The minimum atomic E-state index is -2.78. The number of hydrogen-bond donors (Lipinski definition) is 2. The molecular formula is C34H42O15. The van der Waals surface area contributed by atoms with Crippen molar-refractivity contribution in [3.8, 4) is 0 Å². The Bertz CT molecular complexity index is 1520. The molecule has 2 heterocycles. The summed E-state index contributed by atoms with van der Waals surface area (Å²) in [4.78, 5) is 93.1. The van der Waals surface area contributed by atoms with Crippen LogP contribution in [0.2, 0.25) is 0 Å². The molecule has 15 nitrogen and oxygen atoms in total. The fourth-order valence-corrected chi connectivity index (χ4v) is 7.47. The van der Waals surface area contributed by atoms with E-state index in [2.05, 4.69) is 0 Å². The van der Waals surface area contributed by atoms with Gasteiger partial charge in [-0.3, -0.25) is 28.8 Å². The number of fused-ring (bicyclic) bond motifs is 4. The number of aliphatic hydroxyl groups excluding tert-OH is 1. The number of aliphatic hydroxyl groups is 2. The summed E-state index contributed by atoms with van der Waals surface area (Å²) >= 11 is 0. The highest BCUT2D eigenvalue weighted by atomic mass is 16.7. The van der Waals surface area contributed by atoms with Crippen molar-refractivity contribution >= 4 is 41.4 Å². The molecule has 0 spiro atoms. The number of benzene rings is 1. The quantitative estimate of drug-likeness (QED) is 0.317. The number of ether oxygens (including phenoxy) is 6. The van der Waals surface area contributed by atoms with E-state index >= 15 is 0 Å². The molecule has 3 fully saturated rings. The van der Waals surface area contributed by atoms with E-state index in [9.17, 15) is 43.8 Å². The highest BCUT2D eigenvalue weighted by Gasteiger charge is 2.77. The van der Waals surface area contributed by atoms with Crippen LogP contribution in [0.3, 0.4) is 0 Å². The van der Waals surface area contributed by atoms with Crippen LogP contribution in [0.4, 0.5) is 0 Å². The zero-order chi connectivity index (χ0) is 36.8. The van der Waals surface area contributed by atoms with Crippen molar-refractivity contribution in [3.05, 3.63) is 35.9 Å². The molecule has 0 unspecified atom stereocenters. The lowest BCUT2D eigenvalue weighted by atomic mass is 9.69. The molecule has 3 aliphatic rings. The molecule has 11 atom stereocenters. The van der Waals surface area contributed by atoms with Crippen LogP contribution in [-0.2, 0) is 57.2 Å². The second-order valence-electron chi connectivity index (χ2n) is 13.5. The second kappa shape index (κ2) is 13.6. The Morgan fingerprint density at radius 2 is 1.33 bits per heavy atom. The maximum Gasteiger partial charge on any atom is 0.338 e. The minimum Gasteiger partial charge on any atom is -0.462 e. The second-order valence-corrected chi connectivity index (χ2v) is 13.5. The van der Waals surface area contributed by atoms with Crippen LogP contribution in [0, 0.1) is 23.2 Å². The monoisotopic (exact) mass is 690 g/mol. The maximum atomic E-state index is 14.9. The third-order valence-electron chi connectivity index (χ3n) is 9.66. The third-order valence-corrected chi connectivity index (χ3v) is 9.66. The summed E-state index contributed by atoms with van der Waals surface area (Å²) in [7, 11) is 0. The average molecular weight is 691 g/mol. The van der Waals surface area contributed by atoms with Gasteiger partial charge >= 0.3 is 29.8 Å². The summed E-state index contributed by atoms with van der Waals surface area (Å²) in [6.45, 7) is 9.47. The fourth-order valence-electron chi connectivity index (χ4n) is 7.47. The van der Waals surface area contributed by atoms with Gasteiger partial charge in [-0.15, -0.1) is 0 Å². The largest absolute Gasteiger partial charge is 0.462 e. The van der Waals surface area contributed by atoms with Crippen LogP contribution in [0.25, 0.3) is 0 Å². The van der Waals surface area contributed by atoms with E-state index in [0.717, 1.165) is 27.7 Å². The Kier molecular flexibility index (Phi) is 10.4. The van der Waals surface area contributed by atoms with Crippen LogP contribution in [-0.4, -0.2) is 99.6 Å². The molecule has 15 heteroatoms. The number of esters is 5. The van der Waals surface area contributed by atoms with Gasteiger partial charge in [-0.2, -0.15) is 0 Å². The first kappa shape index (κ1) is 37.6. The zero-order valence-electron chi connectivity index (χ0n) is 28.5. The standard InChI is InChI=1S/C34H42O15/c1-15-14-33(48-20(6)38)22(25(15)44-17(3)35)26(45-18(4)36)24(40)27(46-19(5)37)28(47-31(42)21-12-10-9-11-13-21)29(41)32(7,8)30-23(39)16(2)34(33,43)49-30/h9-13,15-16,22,25-30,41,43H,14H2,1-8H3/t15-,16+,22+,25-,26+,27+,28+,29+,30-,33+,34+/m0/s1. The van der Waals surface area contributed by atoms with Gasteiger partial charge in [-0.1, -0.05) is 45.9 Å². The summed E-state index contributed by atoms with van der Waals surface area (Å²) < 4.78 is 34.4. The van der Waals surface area contributed by atoms with Gasteiger partial charge in [-0.25, -0.2) is 4.79 Å². The lowest BCUT2D eigenvalue weighted by Gasteiger charge is -2.48. The van der Waals surface area contributed by atoms with Crippen LogP contribution >= 0.6 is 0 Å². The first-order valence-corrected chi connectivity index (χ1v) is 15.8. The Labute approximate surface area is 282 Å². The SMILES string of the molecule is CC(=O)O[C@@H]1[C@@H]2[C@@H](OC(C)=O)C(=O)[C@@H](OC(C)=O)[C@@H](OC(=O)c3ccccc3)[C@@H](O)C(C)(C)[C@H]3O[C@](O)([C@H](C)C3=O)[C@@]2(OC(C)=O)C[C@@H]1C. The van der Waals surface area contributed by atoms with Crippen molar-refractivity contribution in [2.45, 2.75) is 110 Å². The number of carbonyl (C=O) groups is 7. The molecule has 2 aliphatic heterocycles. The number of carbonyl (C=O) groups excluding carboxylic acids is 7. The zero-order valence-corrected chi connectivity index (χ0v) is 28.5. The summed E-state index contributed by atoms with van der Waals surface area (Å²) in [6, 6.07) is 7.45. The van der Waals surface area contributed by atoms with Crippen LogP contribution < -0.4 is 0 Å². The number of rotatable bonds is 6. The molecule has 49 heavy (non-hydrogen) atoms. The molecule has 1 aromatic rings. The van der Waals surface area contributed by atoms with Gasteiger partial charge in [0.25, 0.3) is 0 Å². The predicted octanol–water partition coefficient (Wildman–Crippen LogP) is 1.23. The summed E-state index contributed by atoms with van der Waals surface area (Å²) in [5, 5.41) is 24.6. The highest BCUT2D eigenvalue weighted by molar-refractivity contribution is 5.94. The predicted molar refractivity (Wildman–Crippen MR) is 163 cm³/mol. The van der Waals surface area contributed by atoms with Crippen molar-refractivity contribution in [1.82, 2.24) is 0 Å². The molecule has 1 aliphatic carbocycles. The van der Waals surface area contributed by atoms with Crippen molar-refractivity contribution < 1.29 is 72.2 Å². The fraction of sp³-hybridized carbons (Fsp3) is 0.618. The molecular weight excluding hydrogens is 648 g/mol. The van der Waals surface area contributed by atoms with Crippen molar-refractivity contribution in [3.63, 3.8) is 0 Å². The highest BCUT2D eigenvalue weighted by Crippen LogP contribution is 2.59. The van der Waals surface area contributed by atoms with Crippen molar-refractivity contribution in [2.24, 2.45) is 23.2 Å². The summed E-state index contributed by atoms with van der Waals surface area (Å²) in [6.07, 6.45) is -12.1. The Morgan fingerprint density at radius 3 is 1.86 bits per heavy atom. The molecule has 2 bridgehead atoms. The van der Waals surface area contributed by atoms with Gasteiger partial charge in [0, 0.05) is 33.1 Å². The van der Waals surface area contributed by atoms with E-state index in [0.29, 0.717) is 0 Å². The van der Waals surface area contributed by atoms with Crippen LogP contribution in [0.1, 0.15) is 72.2 Å². The average Bonchev–Trinajstić information content (AvgIpc) is 3.42. The minimum absolute atomic E-state index is 0.0167. The molecule has 1 saturated carbocycles. The molecule has 0 aromatic heterocycles. The smallest absolute Gasteiger partial charge is 0.338 e. The Morgan fingerprint density at radius 1 is 0.776 bits per heavy atom. The molecule has 2 saturated heterocycles. The number of ketones is 2. The Balaban J connectivity index is 2.10. The van der Waals surface area contributed by atoms with E-state index in [1.165, 1.54) is 45.0 Å². The van der Waals surface area contributed by atoms with Crippen molar-refractivity contribution in [1.29, 1.82) is 0 Å². The molecule has 1 aromatic carbocycles. The van der Waals surface area contributed by atoms with Gasteiger partial charge in [-0.05, 0) is 24.5 Å². The maximum absolute atomic E-state index is 14.9. The summed E-state index contributed by atoms with van der Waals surface area (Å²) in [5.41, 5.74) is -4.28. The van der Waals surface area contributed by atoms with Gasteiger partial charge < -0.3 is 38.6 Å². The molecule has 0 amide bonds. The first-order chi connectivity index (χ1) is 22.7. The molecule has 4 rings (SSSR count). The van der Waals surface area contributed by atoms with Crippen LogP contribution in [0.15, 0.2) is 30.3 Å². The van der Waals surface area contributed by atoms with Crippen LogP contribution in [0.5, 0.6) is 0 Å². The van der Waals surface area contributed by atoms with Gasteiger partial charge in [0.15, 0.2) is 23.6 Å². The molecule has 2 N–H and O–H groups in total. The number of hydrogen-bond acceptors (Lipinski definition) is 15. The van der Waals surface area contributed by atoms with Gasteiger partial charge in [0.2, 0.25) is 17.7 Å². The lowest BCUT2D eigenvalue weighted by molar-refractivity contribution is -0.333.